The minimum atomic E-state index is -0.328. The smallest absolute Gasteiger partial charge is 0.229 e. The van der Waals surface area contributed by atoms with Crippen molar-refractivity contribution in [3.05, 3.63) is 54.6 Å². The van der Waals surface area contributed by atoms with Crippen molar-refractivity contribution in [1.29, 1.82) is 0 Å². The van der Waals surface area contributed by atoms with Gasteiger partial charge in [0.05, 0.1) is 5.92 Å². The highest BCUT2D eigenvalue weighted by Crippen LogP contribution is 2.26. The van der Waals surface area contributed by atoms with Crippen molar-refractivity contribution < 1.29 is 9.59 Å². The van der Waals surface area contributed by atoms with Crippen LogP contribution in [0.3, 0.4) is 0 Å². The fourth-order valence-electron chi connectivity index (χ4n) is 2.83. The molecular weight excluding hydrogens is 302 g/mol. The van der Waals surface area contributed by atoms with Crippen molar-refractivity contribution in [3.8, 4) is 0 Å². The molecule has 1 unspecified atom stereocenters. The Hall–Kier alpha value is -2.82. The van der Waals surface area contributed by atoms with Gasteiger partial charge in [0, 0.05) is 44.1 Å². The van der Waals surface area contributed by atoms with Crippen molar-refractivity contribution >= 4 is 28.9 Å². The van der Waals surface area contributed by atoms with Gasteiger partial charge in [-0.15, -0.1) is 0 Å². The SMILES string of the molecule is CN(C)c1ccc(NC(=O)C2CC(=O)N(c3ccccc3)C2)cc1. The molecule has 1 heterocycles. The third-order valence-corrected chi connectivity index (χ3v) is 4.21. The summed E-state index contributed by atoms with van der Waals surface area (Å²) in [6, 6.07) is 17.1. The summed E-state index contributed by atoms with van der Waals surface area (Å²) in [5.74, 6) is -0.449. The van der Waals surface area contributed by atoms with Gasteiger partial charge in [-0.1, -0.05) is 18.2 Å². The second kappa shape index (κ2) is 6.74. The second-order valence-electron chi connectivity index (χ2n) is 6.17. The number of amides is 2. The standard InChI is InChI=1S/C19H21N3O2/c1-21(2)16-10-8-15(9-11-16)20-19(24)14-12-18(23)22(13-14)17-6-4-3-5-7-17/h3-11,14H,12-13H2,1-2H3,(H,20,24). The molecule has 1 saturated heterocycles. The van der Waals surface area contributed by atoms with Gasteiger partial charge in [-0.2, -0.15) is 0 Å². The zero-order chi connectivity index (χ0) is 17.1. The number of carbonyl (C=O) groups is 2. The van der Waals surface area contributed by atoms with Crippen LogP contribution in [-0.2, 0) is 9.59 Å². The first-order chi connectivity index (χ1) is 11.5. The molecule has 24 heavy (non-hydrogen) atoms. The molecule has 3 rings (SSSR count). The first kappa shape index (κ1) is 16.1. The fraction of sp³-hybridized carbons (Fsp3) is 0.263. The molecule has 0 radical (unpaired) electrons. The maximum atomic E-state index is 12.5. The minimum absolute atomic E-state index is 0.00990. The first-order valence-corrected chi connectivity index (χ1v) is 7.98. The number of benzene rings is 2. The zero-order valence-electron chi connectivity index (χ0n) is 13.9. The van der Waals surface area contributed by atoms with Gasteiger partial charge < -0.3 is 15.1 Å². The van der Waals surface area contributed by atoms with E-state index in [9.17, 15) is 9.59 Å². The van der Waals surface area contributed by atoms with Crippen LogP contribution < -0.4 is 15.1 Å². The van der Waals surface area contributed by atoms with E-state index in [1.54, 1.807) is 4.90 Å². The first-order valence-electron chi connectivity index (χ1n) is 7.98. The quantitative estimate of drug-likeness (QED) is 0.941. The Labute approximate surface area is 141 Å². The van der Waals surface area contributed by atoms with Gasteiger partial charge in [0.15, 0.2) is 0 Å². The van der Waals surface area contributed by atoms with E-state index in [0.29, 0.717) is 6.54 Å². The van der Waals surface area contributed by atoms with Crippen LogP contribution in [-0.4, -0.2) is 32.5 Å². The molecule has 0 saturated carbocycles. The molecule has 2 aromatic carbocycles. The summed E-state index contributed by atoms with van der Waals surface area (Å²) in [5.41, 5.74) is 2.66. The normalized spacial score (nSPS) is 17.0. The van der Waals surface area contributed by atoms with Crippen LogP contribution in [0.1, 0.15) is 6.42 Å². The lowest BCUT2D eigenvalue weighted by Crippen LogP contribution is -2.28. The molecule has 5 nitrogen and oxygen atoms in total. The number of nitrogens with zero attached hydrogens (tertiary/aromatic N) is 2. The molecule has 1 aliphatic heterocycles. The van der Waals surface area contributed by atoms with Crippen LogP contribution in [0.2, 0.25) is 0 Å². The van der Waals surface area contributed by atoms with Gasteiger partial charge in [0.2, 0.25) is 11.8 Å². The van der Waals surface area contributed by atoms with Crippen molar-refractivity contribution in [2.45, 2.75) is 6.42 Å². The van der Waals surface area contributed by atoms with Crippen molar-refractivity contribution in [3.63, 3.8) is 0 Å². The molecule has 5 heteroatoms. The van der Waals surface area contributed by atoms with Crippen LogP contribution >= 0.6 is 0 Å². The maximum absolute atomic E-state index is 12.5. The molecule has 2 amide bonds. The molecule has 2 aromatic rings. The molecule has 0 spiro atoms. The highest BCUT2D eigenvalue weighted by Gasteiger charge is 2.35. The predicted octanol–water partition coefficient (Wildman–Crippen LogP) is 2.74. The van der Waals surface area contributed by atoms with Crippen LogP contribution in [0.15, 0.2) is 54.6 Å². The highest BCUT2D eigenvalue weighted by molar-refractivity contribution is 6.03. The van der Waals surface area contributed by atoms with Gasteiger partial charge >= 0.3 is 0 Å². The van der Waals surface area contributed by atoms with E-state index in [4.69, 9.17) is 0 Å². The zero-order valence-corrected chi connectivity index (χ0v) is 13.9. The van der Waals surface area contributed by atoms with Crippen LogP contribution in [0, 0.1) is 5.92 Å². The van der Waals surface area contributed by atoms with Gasteiger partial charge in [-0.25, -0.2) is 0 Å². The van der Waals surface area contributed by atoms with E-state index >= 15 is 0 Å². The number of rotatable bonds is 4. The Morgan fingerprint density at radius 3 is 2.38 bits per heavy atom. The van der Waals surface area contributed by atoms with Crippen molar-refractivity contribution in [1.82, 2.24) is 0 Å². The lowest BCUT2D eigenvalue weighted by atomic mass is 10.1. The highest BCUT2D eigenvalue weighted by atomic mass is 16.2. The summed E-state index contributed by atoms with van der Waals surface area (Å²) < 4.78 is 0. The van der Waals surface area contributed by atoms with Crippen LogP contribution in [0.25, 0.3) is 0 Å². The summed E-state index contributed by atoms with van der Waals surface area (Å²) in [7, 11) is 3.94. The molecular formula is C19H21N3O2. The fourth-order valence-corrected chi connectivity index (χ4v) is 2.83. The number of hydrogen-bond donors (Lipinski definition) is 1. The van der Waals surface area contributed by atoms with E-state index < -0.39 is 0 Å². The Bertz CT molecular complexity index is 726. The molecule has 0 aliphatic carbocycles. The third kappa shape index (κ3) is 3.40. The van der Waals surface area contributed by atoms with Crippen LogP contribution in [0.5, 0.6) is 0 Å². The summed E-state index contributed by atoms with van der Waals surface area (Å²) >= 11 is 0. The lowest BCUT2D eigenvalue weighted by Gasteiger charge is -2.17. The van der Waals surface area contributed by atoms with E-state index in [2.05, 4.69) is 5.32 Å². The number of nitrogens with one attached hydrogen (secondary N) is 1. The Morgan fingerprint density at radius 1 is 1.08 bits per heavy atom. The average molecular weight is 323 g/mol. The van der Waals surface area contributed by atoms with Crippen molar-refractivity contribution in [2.24, 2.45) is 5.92 Å². The van der Waals surface area contributed by atoms with Crippen LogP contribution in [0.4, 0.5) is 17.1 Å². The van der Waals surface area contributed by atoms with Gasteiger partial charge in [0.1, 0.15) is 0 Å². The molecule has 124 valence electrons. The monoisotopic (exact) mass is 323 g/mol. The van der Waals surface area contributed by atoms with Crippen molar-refractivity contribution in [2.75, 3.05) is 35.8 Å². The topological polar surface area (TPSA) is 52.7 Å². The molecule has 0 bridgehead atoms. The number of carbonyl (C=O) groups excluding carboxylic acids is 2. The molecule has 0 aromatic heterocycles. The minimum Gasteiger partial charge on any atom is -0.378 e. The molecule has 1 fully saturated rings. The Balaban J connectivity index is 1.65. The largest absolute Gasteiger partial charge is 0.378 e. The van der Waals surface area contributed by atoms with E-state index in [-0.39, 0.29) is 24.2 Å². The Kier molecular flexibility index (Phi) is 4.51. The summed E-state index contributed by atoms with van der Waals surface area (Å²) in [6.07, 6.45) is 0.247. The van der Waals surface area contributed by atoms with Gasteiger partial charge in [-0.3, -0.25) is 9.59 Å². The van der Waals surface area contributed by atoms with E-state index in [0.717, 1.165) is 17.1 Å². The Morgan fingerprint density at radius 2 is 1.75 bits per heavy atom. The third-order valence-electron chi connectivity index (χ3n) is 4.21. The molecule has 1 atom stereocenters. The lowest BCUT2D eigenvalue weighted by molar-refractivity contribution is -0.122. The van der Waals surface area contributed by atoms with Gasteiger partial charge in [-0.05, 0) is 36.4 Å². The predicted molar refractivity (Wildman–Crippen MR) is 96.3 cm³/mol. The summed E-state index contributed by atoms with van der Waals surface area (Å²) in [4.78, 5) is 28.3. The van der Waals surface area contributed by atoms with E-state index in [1.807, 2.05) is 73.6 Å². The van der Waals surface area contributed by atoms with Gasteiger partial charge in [0.25, 0.3) is 0 Å². The summed E-state index contributed by atoms with van der Waals surface area (Å²) in [5, 5.41) is 2.91. The van der Waals surface area contributed by atoms with E-state index in [1.165, 1.54) is 0 Å². The summed E-state index contributed by atoms with van der Waals surface area (Å²) in [6.45, 7) is 0.421. The molecule has 1 aliphatic rings. The maximum Gasteiger partial charge on any atom is 0.229 e. The number of anilines is 3. The number of hydrogen-bond acceptors (Lipinski definition) is 3. The molecule has 1 N–H and O–H groups in total. The second-order valence-corrected chi connectivity index (χ2v) is 6.17. The average Bonchev–Trinajstić information content (AvgIpc) is 2.98. The number of para-hydroxylation sites is 1.